The van der Waals surface area contributed by atoms with Crippen LogP contribution < -0.4 is 24.2 Å². The Morgan fingerprint density at radius 3 is 2.43 bits per heavy atom. The minimum Gasteiger partial charge on any atom is -0.493 e. The number of ether oxygens (including phenoxy) is 2. The monoisotopic (exact) mass is 489 g/mol. The summed E-state index contributed by atoms with van der Waals surface area (Å²) in [6, 6.07) is 15.3. The third-order valence-corrected chi connectivity index (χ3v) is 6.35. The van der Waals surface area contributed by atoms with Gasteiger partial charge in [0.05, 0.1) is 29.1 Å². The van der Waals surface area contributed by atoms with Crippen LogP contribution >= 0.6 is 11.3 Å². The number of nitrogens with zero attached hydrogens (tertiary/aromatic N) is 2. The summed E-state index contributed by atoms with van der Waals surface area (Å²) in [7, 11) is 3.17. The molecule has 1 N–H and O–H groups in total. The van der Waals surface area contributed by atoms with Crippen LogP contribution in [0.3, 0.4) is 0 Å². The van der Waals surface area contributed by atoms with Crippen molar-refractivity contribution in [2.24, 2.45) is 5.41 Å². The topological polar surface area (TPSA) is 86.2 Å². The molecule has 0 aliphatic carbocycles. The Hall–Kier alpha value is -3.91. The number of para-hydroxylation sites is 1. The van der Waals surface area contributed by atoms with Gasteiger partial charge in [0.15, 0.2) is 17.3 Å². The SMILES string of the molecule is COc1ccc(-c2nn(-c3ccccc3)cc2/C=c2\s/c(=C/C(=O)C(C)(C)C)[nH]c2=O)cc1OC. The molecule has 4 rings (SSSR count). The molecule has 0 aliphatic rings. The van der Waals surface area contributed by atoms with E-state index >= 15 is 0 Å². The van der Waals surface area contributed by atoms with Crippen molar-refractivity contribution in [3.63, 3.8) is 0 Å². The predicted molar refractivity (Wildman–Crippen MR) is 139 cm³/mol. The van der Waals surface area contributed by atoms with Gasteiger partial charge in [0.1, 0.15) is 5.69 Å². The van der Waals surface area contributed by atoms with Gasteiger partial charge in [0.25, 0.3) is 5.56 Å². The van der Waals surface area contributed by atoms with Gasteiger partial charge in [-0.25, -0.2) is 4.68 Å². The van der Waals surface area contributed by atoms with Crippen LogP contribution in [0.2, 0.25) is 0 Å². The van der Waals surface area contributed by atoms with E-state index in [0.29, 0.717) is 26.4 Å². The fourth-order valence-corrected chi connectivity index (χ4v) is 4.29. The van der Waals surface area contributed by atoms with Crippen LogP contribution in [0, 0.1) is 5.41 Å². The molecule has 2 aromatic carbocycles. The predicted octanol–water partition coefficient (Wildman–Crippen LogP) is 3.53. The Kier molecular flexibility index (Phi) is 6.75. The molecule has 2 aromatic heterocycles. The van der Waals surface area contributed by atoms with Gasteiger partial charge in [-0.15, -0.1) is 11.3 Å². The van der Waals surface area contributed by atoms with Crippen LogP contribution in [0.15, 0.2) is 59.5 Å². The average Bonchev–Trinajstić information content (AvgIpc) is 3.41. The number of H-pyrrole nitrogens is 1. The van der Waals surface area contributed by atoms with Crippen molar-refractivity contribution in [2.75, 3.05) is 14.2 Å². The molecule has 0 saturated carbocycles. The number of rotatable bonds is 6. The number of aromatic nitrogens is 3. The summed E-state index contributed by atoms with van der Waals surface area (Å²) >= 11 is 1.24. The summed E-state index contributed by atoms with van der Waals surface area (Å²) in [6.07, 6.45) is 5.16. The Balaban J connectivity index is 1.89. The minimum atomic E-state index is -0.526. The highest BCUT2D eigenvalue weighted by atomic mass is 32.1. The van der Waals surface area contributed by atoms with Gasteiger partial charge in [0.2, 0.25) is 0 Å². The summed E-state index contributed by atoms with van der Waals surface area (Å²) in [4.78, 5) is 27.9. The lowest BCUT2D eigenvalue weighted by molar-refractivity contribution is -0.119. The lowest BCUT2D eigenvalue weighted by atomic mass is 9.91. The molecule has 0 amide bonds. The second kappa shape index (κ2) is 9.76. The van der Waals surface area contributed by atoms with Crippen LogP contribution in [0.25, 0.3) is 29.1 Å². The fourth-order valence-electron chi connectivity index (χ4n) is 3.41. The van der Waals surface area contributed by atoms with E-state index in [1.165, 1.54) is 17.4 Å². The highest BCUT2D eigenvalue weighted by Crippen LogP contribution is 2.33. The van der Waals surface area contributed by atoms with E-state index in [1.54, 1.807) is 25.0 Å². The second-order valence-corrected chi connectivity index (χ2v) is 10.1. The lowest BCUT2D eigenvalue weighted by Crippen LogP contribution is -2.22. The van der Waals surface area contributed by atoms with E-state index in [4.69, 9.17) is 14.6 Å². The number of thiazole rings is 1. The number of hydrogen-bond donors (Lipinski definition) is 1. The lowest BCUT2D eigenvalue weighted by Gasteiger charge is -2.12. The van der Waals surface area contributed by atoms with E-state index in [-0.39, 0.29) is 11.3 Å². The summed E-state index contributed by atoms with van der Waals surface area (Å²) in [5, 5.41) is 4.81. The van der Waals surface area contributed by atoms with Crippen molar-refractivity contribution in [3.05, 3.63) is 79.8 Å². The van der Waals surface area contributed by atoms with Crippen molar-refractivity contribution in [2.45, 2.75) is 20.8 Å². The van der Waals surface area contributed by atoms with Gasteiger partial charge in [0, 0.05) is 28.8 Å². The Labute approximate surface area is 207 Å². The molecule has 0 saturated heterocycles. The van der Waals surface area contributed by atoms with Crippen LogP contribution in [0.5, 0.6) is 11.5 Å². The van der Waals surface area contributed by atoms with Gasteiger partial charge in [-0.1, -0.05) is 39.0 Å². The molecular formula is C27H27N3O4S. The Morgan fingerprint density at radius 1 is 1.06 bits per heavy atom. The van der Waals surface area contributed by atoms with Crippen molar-refractivity contribution in [3.8, 4) is 28.4 Å². The first kappa shape index (κ1) is 24.2. The van der Waals surface area contributed by atoms with Gasteiger partial charge >= 0.3 is 0 Å². The molecule has 0 fully saturated rings. The number of methoxy groups -OCH3 is 2. The van der Waals surface area contributed by atoms with Gasteiger partial charge in [-0.3, -0.25) is 9.59 Å². The normalized spacial score (nSPS) is 12.7. The van der Waals surface area contributed by atoms with Gasteiger partial charge in [-0.05, 0) is 36.4 Å². The Morgan fingerprint density at radius 2 is 1.77 bits per heavy atom. The number of hydrogen-bond acceptors (Lipinski definition) is 6. The van der Waals surface area contributed by atoms with E-state index in [0.717, 1.165) is 16.8 Å². The number of carbonyl (C=O) groups excluding carboxylic acids is 1. The zero-order valence-electron chi connectivity index (χ0n) is 20.3. The van der Waals surface area contributed by atoms with Crippen LogP contribution in [-0.4, -0.2) is 34.8 Å². The minimum absolute atomic E-state index is 0.0514. The maximum Gasteiger partial charge on any atom is 0.266 e. The summed E-state index contributed by atoms with van der Waals surface area (Å²) in [5.74, 6) is 1.14. The molecule has 0 atom stereocenters. The number of ketones is 1. The summed E-state index contributed by atoms with van der Waals surface area (Å²) < 4.78 is 13.6. The first-order valence-electron chi connectivity index (χ1n) is 11.0. The Bertz CT molecular complexity index is 1540. The zero-order chi connectivity index (χ0) is 25.2. The zero-order valence-corrected chi connectivity index (χ0v) is 21.1. The fraction of sp³-hybridized carbons (Fsp3) is 0.222. The van der Waals surface area contributed by atoms with E-state index < -0.39 is 5.41 Å². The standard InChI is InChI=1S/C27H27N3O4S/c1-27(2,3)23(31)15-24-28-26(32)22(35-24)14-18-16-30(19-9-7-6-8-10-19)29-25(18)17-11-12-20(33-4)21(13-17)34-5/h6-16H,1-5H3,(H,28,32)/b22-14-,24-15+. The van der Waals surface area contributed by atoms with Crippen LogP contribution in [0.1, 0.15) is 26.3 Å². The molecule has 0 unspecified atom stereocenters. The molecule has 0 aliphatic heterocycles. The summed E-state index contributed by atoms with van der Waals surface area (Å²) in [6.45, 7) is 5.54. The highest BCUT2D eigenvalue weighted by Gasteiger charge is 2.19. The van der Waals surface area contributed by atoms with Crippen LogP contribution in [0.4, 0.5) is 0 Å². The molecule has 35 heavy (non-hydrogen) atoms. The molecule has 0 spiro atoms. The summed E-state index contributed by atoms with van der Waals surface area (Å²) in [5.41, 5.74) is 2.35. The quantitative estimate of drug-likeness (QED) is 0.448. The maximum absolute atomic E-state index is 12.7. The molecule has 0 bridgehead atoms. The third-order valence-electron chi connectivity index (χ3n) is 5.39. The van der Waals surface area contributed by atoms with Crippen molar-refractivity contribution < 1.29 is 14.3 Å². The largest absolute Gasteiger partial charge is 0.493 e. The molecule has 2 heterocycles. The number of benzene rings is 2. The molecule has 4 aromatic rings. The van der Waals surface area contributed by atoms with Gasteiger partial charge < -0.3 is 14.5 Å². The maximum atomic E-state index is 12.7. The van der Waals surface area contributed by atoms with Gasteiger partial charge in [-0.2, -0.15) is 5.10 Å². The number of aromatic amines is 1. The molecule has 0 radical (unpaired) electrons. The third kappa shape index (κ3) is 5.27. The number of Topliss-reactive ketones (excluding diaryl/α,β-unsaturated/α-hetero) is 1. The highest BCUT2D eigenvalue weighted by molar-refractivity contribution is 7.07. The number of nitrogens with one attached hydrogen (secondary N) is 1. The van der Waals surface area contributed by atoms with Crippen molar-refractivity contribution in [1.29, 1.82) is 0 Å². The van der Waals surface area contributed by atoms with E-state index in [1.807, 2.05) is 75.5 Å². The average molecular weight is 490 g/mol. The molecule has 180 valence electrons. The molecule has 8 heteroatoms. The first-order valence-corrected chi connectivity index (χ1v) is 11.9. The van der Waals surface area contributed by atoms with Crippen molar-refractivity contribution >= 4 is 29.3 Å². The molecular weight excluding hydrogens is 462 g/mol. The first-order chi connectivity index (χ1) is 16.7. The van der Waals surface area contributed by atoms with E-state index in [2.05, 4.69) is 4.98 Å². The van der Waals surface area contributed by atoms with Crippen LogP contribution in [-0.2, 0) is 4.79 Å². The van der Waals surface area contributed by atoms with Crippen molar-refractivity contribution in [1.82, 2.24) is 14.8 Å². The number of carbonyl (C=O) groups is 1. The van der Waals surface area contributed by atoms with E-state index in [9.17, 15) is 9.59 Å². The second-order valence-electron chi connectivity index (χ2n) is 8.97. The smallest absolute Gasteiger partial charge is 0.266 e. The molecule has 7 nitrogen and oxygen atoms in total.